The summed E-state index contributed by atoms with van der Waals surface area (Å²) in [5.74, 6) is 0.616. The maximum atomic E-state index is 6.06. The molecule has 0 saturated heterocycles. The first-order chi connectivity index (χ1) is 8.06. The van der Waals surface area contributed by atoms with Gasteiger partial charge < -0.3 is 5.32 Å². The normalized spacial score (nSPS) is 10.4. The van der Waals surface area contributed by atoms with E-state index in [0.29, 0.717) is 10.8 Å². The Labute approximate surface area is 117 Å². The Bertz CT molecular complexity index is 560. The quantitative estimate of drug-likeness (QED) is 0.817. The van der Waals surface area contributed by atoms with Crippen LogP contribution in [-0.4, -0.2) is 9.97 Å². The SMILES string of the molecule is Cc1cc(Br)c(Nc2ccnc(Cl)n2)cc1Cl. The van der Waals surface area contributed by atoms with Gasteiger partial charge in [0.25, 0.3) is 0 Å². The van der Waals surface area contributed by atoms with Crippen LogP contribution in [0.5, 0.6) is 0 Å². The van der Waals surface area contributed by atoms with Gasteiger partial charge >= 0.3 is 0 Å². The smallest absolute Gasteiger partial charge is 0.224 e. The van der Waals surface area contributed by atoms with Gasteiger partial charge in [0.2, 0.25) is 5.28 Å². The van der Waals surface area contributed by atoms with Gasteiger partial charge in [-0.15, -0.1) is 0 Å². The Morgan fingerprint density at radius 3 is 2.76 bits per heavy atom. The summed E-state index contributed by atoms with van der Waals surface area (Å²) >= 11 is 15.2. The molecule has 1 N–H and O–H groups in total. The van der Waals surface area contributed by atoms with Crippen molar-refractivity contribution in [2.24, 2.45) is 0 Å². The number of benzene rings is 1. The first kappa shape index (κ1) is 12.6. The summed E-state index contributed by atoms with van der Waals surface area (Å²) in [5.41, 5.74) is 1.83. The molecule has 6 heteroatoms. The molecule has 88 valence electrons. The summed E-state index contributed by atoms with van der Waals surface area (Å²) in [6.07, 6.45) is 1.58. The topological polar surface area (TPSA) is 37.8 Å². The minimum atomic E-state index is 0.198. The van der Waals surface area contributed by atoms with Crippen molar-refractivity contribution in [1.82, 2.24) is 9.97 Å². The van der Waals surface area contributed by atoms with Gasteiger partial charge in [-0.25, -0.2) is 9.97 Å². The van der Waals surface area contributed by atoms with Crippen LogP contribution in [0.1, 0.15) is 5.56 Å². The van der Waals surface area contributed by atoms with E-state index >= 15 is 0 Å². The molecule has 0 radical (unpaired) electrons. The number of nitrogens with one attached hydrogen (secondary N) is 1. The first-order valence-corrected chi connectivity index (χ1v) is 6.32. The van der Waals surface area contributed by atoms with E-state index in [-0.39, 0.29) is 5.28 Å². The van der Waals surface area contributed by atoms with E-state index in [1.54, 1.807) is 12.3 Å². The minimum Gasteiger partial charge on any atom is -0.339 e. The van der Waals surface area contributed by atoms with E-state index in [2.05, 4.69) is 31.2 Å². The number of aryl methyl sites for hydroxylation is 1. The Morgan fingerprint density at radius 2 is 2.06 bits per heavy atom. The maximum absolute atomic E-state index is 6.06. The fourth-order valence-electron chi connectivity index (χ4n) is 1.28. The zero-order valence-corrected chi connectivity index (χ0v) is 11.9. The van der Waals surface area contributed by atoms with Crippen molar-refractivity contribution in [3.05, 3.63) is 44.7 Å². The molecule has 0 unspecified atom stereocenters. The highest BCUT2D eigenvalue weighted by Crippen LogP contribution is 2.30. The fourth-order valence-corrected chi connectivity index (χ4v) is 2.15. The lowest BCUT2D eigenvalue weighted by molar-refractivity contribution is 1.17. The van der Waals surface area contributed by atoms with Gasteiger partial charge in [-0.1, -0.05) is 11.6 Å². The number of hydrogen-bond donors (Lipinski definition) is 1. The summed E-state index contributed by atoms with van der Waals surface area (Å²) in [7, 11) is 0. The zero-order valence-electron chi connectivity index (χ0n) is 8.84. The minimum absolute atomic E-state index is 0.198. The third-order valence-electron chi connectivity index (χ3n) is 2.14. The Hall–Kier alpha value is -0.840. The summed E-state index contributed by atoms with van der Waals surface area (Å²) in [4.78, 5) is 7.85. The average Bonchev–Trinajstić information content (AvgIpc) is 2.26. The Balaban J connectivity index is 2.33. The third kappa shape index (κ3) is 3.09. The standard InChI is InChI=1S/C11H8BrCl2N3/c1-6-4-7(12)9(5-8(6)13)16-10-2-3-15-11(14)17-10/h2-5H,1H3,(H,15,16,17). The molecule has 17 heavy (non-hydrogen) atoms. The van der Waals surface area contributed by atoms with Crippen molar-refractivity contribution >= 4 is 50.6 Å². The van der Waals surface area contributed by atoms with Crippen LogP contribution >= 0.6 is 39.1 Å². The monoisotopic (exact) mass is 331 g/mol. The van der Waals surface area contributed by atoms with Crippen LogP contribution in [0, 0.1) is 6.92 Å². The summed E-state index contributed by atoms with van der Waals surface area (Å²) in [6, 6.07) is 5.50. The van der Waals surface area contributed by atoms with E-state index < -0.39 is 0 Å². The maximum Gasteiger partial charge on any atom is 0.224 e. The van der Waals surface area contributed by atoms with Crippen LogP contribution in [0.2, 0.25) is 10.3 Å². The van der Waals surface area contributed by atoms with Crippen LogP contribution in [0.15, 0.2) is 28.9 Å². The Morgan fingerprint density at radius 1 is 1.29 bits per heavy atom. The van der Waals surface area contributed by atoms with E-state index in [1.165, 1.54) is 0 Å². The number of halogens is 3. The average molecular weight is 333 g/mol. The van der Waals surface area contributed by atoms with Crippen LogP contribution in [-0.2, 0) is 0 Å². The second-order valence-electron chi connectivity index (χ2n) is 3.42. The van der Waals surface area contributed by atoms with E-state index in [4.69, 9.17) is 23.2 Å². The lowest BCUT2D eigenvalue weighted by Gasteiger charge is -2.09. The van der Waals surface area contributed by atoms with Gasteiger partial charge in [0, 0.05) is 15.7 Å². The van der Waals surface area contributed by atoms with Crippen molar-refractivity contribution in [3.8, 4) is 0 Å². The number of anilines is 2. The molecular weight excluding hydrogens is 325 g/mol. The van der Waals surface area contributed by atoms with E-state index in [9.17, 15) is 0 Å². The molecule has 0 saturated carbocycles. The lowest BCUT2D eigenvalue weighted by atomic mass is 10.2. The Kier molecular flexibility index (Phi) is 3.86. The summed E-state index contributed by atoms with van der Waals surface area (Å²) in [5, 5.41) is 4.00. The second-order valence-corrected chi connectivity index (χ2v) is 5.02. The number of aromatic nitrogens is 2. The highest BCUT2D eigenvalue weighted by Gasteiger charge is 2.05. The molecule has 0 bridgehead atoms. The van der Waals surface area contributed by atoms with Crippen LogP contribution in [0.4, 0.5) is 11.5 Å². The van der Waals surface area contributed by atoms with Crippen molar-refractivity contribution < 1.29 is 0 Å². The van der Waals surface area contributed by atoms with E-state index in [0.717, 1.165) is 15.7 Å². The van der Waals surface area contributed by atoms with Crippen LogP contribution in [0.25, 0.3) is 0 Å². The molecule has 0 atom stereocenters. The first-order valence-electron chi connectivity index (χ1n) is 4.77. The predicted molar refractivity (Wildman–Crippen MR) is 74.2 cm³/mol. The van der Waals surface area contributed by atoms with E-state index in [1.807, 2.05) is 19.1 Å². The number of rotatable bonds is 2. The molecule has 0 fully saturated rings. The lowest BCUT2D eigenvalue weighted by Crippen LogP contribution is -1.96. The predicted octanol–water partition coefficient (Wildman–Crippen LogP) is 4.60. The molecule has 2 aromatic rings. The molecule has 0 amide bonds. The van der Waals surface area contributed by atoms with Gasteiger partial charge in [-0.2, -0.15) is 0 Å². The molecule has 0 aliphatic heterocycles. The highest BCUT2D eigenvalue weighted by molar-refractivity contribution is 9.10. The van der Waals surface area contributed by atoms with Crippen molar-refractivity contribution in [1.29, 1.82) is 0 Å². The van der Waals surface area contributed by atoms with Crippen LogP contribution < -0.4 is 5.32 Å². The van der Waals surface area contributed by atoms with Crippen LogP contribution in [0.3, 0.4) is 0 Å². The van der Waals surface area contributed by atoms with Crippen molar-refractivity contribution in [2.45, 2.75) is 6.92 Å². The summed E-state index contributed by atoms with van der Waals surface area (Å²) < 4.78 is 0.911. The highest BCUT2D eigenvalue weighted by atomic mass is 79.9. The molecule has 2 rings (SSSR count). The largest absolute Gasteiger partial charge is 0.339 e. The van der Waals surface area contributed by atoms with Gasteiger partial charge in [0.1, 0.15) is 5.82 Å². The second kappa shape index (κ2) is 5.21. The number of hydrogen-bond acceptors (Lipinski definition) is 3. The van der Waals surface area contributed by atoms with Gasteiger partial charge in [0.15, 0.2) is 0 Å². The van der Waals surface area contributed by atoms with Crippen molar-refractivity contribution in [3.63, 3.8) is 0 Å². The molecular formula is C11H8BrCl2N3. The molecule has 1 aromatic carbocycles. The molecule has 0 aliphatic rings. The van der Waals surface area contributed by atoms with Crippen molar-refractivity contribution in [2.75, 3.05) is 5.32 Å². The summed E-state index contributed by atoms with van der Waals surface area (Å²) in [6.45, 7) is 1.94. The molecule has 1 heterocycles. The fraction of sp³-hybridized carbons (Fsp3) is 0.0909. The molecule has 0 aliphatic carbocycles. The molecule has 1 aromatic heterocycles. The van der Waals surface area contributed by atoms with Gasteiger partial charge in [-0.05, 0) is 58.2 Å². The van der Waals surface area contributed by atoms with Gasteiger partial charge in [0.05, 0.1) is 5.69 Å². The zero-order chi connectivity index (χ0) is 12.4. The van der Waals surface area contributed by atoms with Gasteiger partial charge in [-0.3, -0.25) is 0 Å². The molecule has 0 spiro atoms. The molecule has 3 nitrogen and oxygen atoms in total. The number of nitrogens with zero attached hydrogens (tertiary/aromatic N) is 2. The third-order valence-corrected chi connectivity index (χ3v) is 3.38.